The molecule has 2 aliphatic rings. The molecule has 16 aromatic rings. The van der Waals surface area contributed by atoms with E-state index in [0.717, 1.165) is 74.3 Å². The highest BCUT2D eigenvalue weighted by atomic mass is 16.5. The fourth-order valence-electron chi connectivity index (χ4n) is 11.5. The van der Waals surface area contributed by atoms with Gasteiger partial charge in [0, 0.05) is 104 Å². The van der Waals surface area contributed by atoms with Crippen molar-refractivity contribution >= 4 is 76.3 Å². The van der Waals surface area contributed by atoms with Crippen LogP contribution in [-0.4, -0.2) is 46.5 Å². The zero-order chi connectivity index (χ0) is 85.2. The fraction of sp³-hybridized carbons (Fsp3) is 0.308. The Morgan fingerprint density at radius 2 is 0.921 bits per heavy atom. The molecule has 10 heteroatoms. The molecule has 0 spiro atoms. The van der Waals surface area contributed by atoms with Crippen molar-refractivity contribution in [3.63, 3.8) is 0 Å². The lowest BCUT2D eigenvalue weighted by Crippen LogP contribution is -2.08. The first-order valence-corrected chi connectivity index (χ1v) is 41.8. The summed E-state index contributed by atoms with van der Waals surface area (Å²) in [5, 5.41) is 8.42. The van der Waals surface area contributed by atoms with E-state index in [0.29, 0.717) is 0 Å². The molecule has 114 heavy (non-hydrogen) atoms. The molecule has 1 atom stereocenters. The zero-order valence-electron chi connectivity index (χ0n) is 74.4. The lowest BCUT2D eigenvalue weighted by atomic mass is 10.0. The second kappa shape index (κ2) is 60.3. The van der Waals surface area contributed by atoms with E-state index in [-0.39, 0.29) is 5.56 Å². The Morgan fingerprint density at radius 3 is 1.58 bits per heavy atom. The Hall–Kier alpha value is -11.4. The standard InChI is InChI=1S/C10H9NO.3C10H9N.C10H12.C9H8N2.2C9H9N.C9H10O.9C2H6/c1-7-6-8-4-2-3-5-9(8)11-10(7)12;1-8-4-2-5-9-6-3-7-11-10(8)9;1-8-4-5-9-3-2-6-11-10(9)7-8;1-8-6-9-4-2-3-5-10(9)11-7-8;1-8-6-7-9-4-2-3-5-10(8)9;1-7-2-3-8-6-10-5-4-9(8)11-7;1-7-6-10-9-5-3-2-4-8(7)9;1-7-6-8-4-2-3-5-9(8)10-7;1-7-2-3-9-8(6-7)4-5-10-9;9*1-2/h2-6H,1H3,(H,11,12);3*2-7H,1H3;2-5,8H,6-7H2,1H3;2-6H,1H3;2*2-6,10H,1H3;2-3,6H,4-5H2,1H3;9*1-2H3. The fourth-order valence-corrected chi connectivity index (χ4v) is 11.5. The smallest absolute Gasteiger partial charge is 0.251 e. The summed E-state index contributed by atoms with van der Waals surface area (Å²) >= 11 is 0. The average molecular weight is 1530 g/mol. The molecule has 1 unspecified atom stereocenters. The molecule has 8 aromatic heterocycles. The van der Waals surface area contributed by atoms with Crippen molar-refractivity contribution < 1.29 is 4.74 Å². The normalized spacial score (nSPS) is 10.6. The largest absolute Gasteiger partial charge is 0.493 e. The van der Waals surface area contributed by atoms with Crippen LogP contribution in [0.5, 0.6) is 5.75 Å². The number of aromatic nitrogens is 8. The Kier molecular flexibility index (Phi) is 53.3. The number of para-hydroxylation sites is 5. The average Bonchev–Trinajstić information content (AvgIpc) is 1.14. The molecule has 0 bridgehead atoms. The third-order valence-electron chi connectivity index (χ3n) is 16.6. The van der Waals surface area contributed by atoms with Gasteiger partial charge < -0.3 is 19.7 Å². The quantitative estimate of drug-likeness (QED) is 0.137. The molecule has 3 N–H and O–H groups in total. The molecule has 606 valence electrons. The molecule has 18 rings (SSSR count). The summed E-state index contributed by atoms with van der Waals surface area (Å²) in [6, 6.07) is 80.3. The van der Waals surface area contributed by atoms with Crippen LogP contribution in [0.4, 0.5) is 0 Å². The highest BCUT2D eigenvalue weighted by molar-refractivity contribution is 5.84. The summed E-state index contributed by atoms with van der Waals surface area (Å²) in [5.74, 6) is 1.88. The van der Waals surface area contributed by atoms with Crippen LogP contribution in [0, 0.1) is 55.4 Å². The van der Waals surface area contributed by atoms with E-state index in [9.17, 15) is 4.79 Å². The number of H-pyrrole nitrogens is 3. The maximum absolute atomic E-state index is 11.2. The third kappa shape index (κ3) is 34.3. The van der Waals surface area contributed by atoms with Gasteiger partial charge in [-0.15, -0.1) is 0 Å². The Labute approximate surface area is 686 Å². The van der Waals surface area contributed by atoms with Crippen LogP contribution in [0.25, 0.3) is 76.3 Å². The first-order valence-electron chi connectivity index (χ1n) is 41.8. The molecule has 1 aliphatic carbocycles. The second-order valence-electron chi connectivity index (χ2n) is 24.3. The van der Waals surface area contributed by atoms with Gasteiger partial charge >= 0.3 is 0 Å². The van der Waals surface area contributed by atoms with E-state index < -0.39 is 0 Å². The molecule has 0 fully saturated rings. The van der Waals surface area contributed by atoms with Crippen LogP contribution in [0.15, 0.2) is 279 Å². The first kappa shape index (κ1) is 101. The van der Waals surface area contributed by atoms with E-state index in [1.807, 2.05) is 260 Å². The number of nitrogens with zero attached hydrogens (tertiary/aromatic N) is 5. The van der Waals surface area contributed by atoms with Gasteiger partial charge in [0.15, 0.2) is 0 Å². The van der Waals surface area contributed by atoms with Crippen molar-refractivity contribution in [3.8, 4) is 5.75 Å². The van der Waals surface area contributed by atoms with E-state index in [1.165, 1.54) is 89.9 Å². The third-order valence-corrected chi connectivity index (χ3v) is 16.6. The predicted molar refractivity (Wildman–Crippen MR) is 505 cm³/mol. The monoisotopic (exact) mass is 1530 g/mol. The lowest BCUT2D eigenvalue weighted by Gasteiger charge is -2.01. The lowest BCUT2D eigenvalue weighted by molar-refractivity contribution is 0.357. The Morgan fingerprint density at radius 1 is 0.368 bits per heavy atom. The van der Waals surface area contributed by atoms with Gasteiger partial charge in [-0.2, -0.15) is 0 Å². The van der Waals surface area contributed by atoms with Crippen LogP contribution in [0.2, 0.25) is 0 Å². The van der Waals surface area contributed by atoms with Crippen molar-refractivity contribution in [1.29, 1.82) is 0 Å². The van der Waals surface area contributed by atoms with Crippen LogP contribution in [-0.2, 0) is 12.8 Å². The molecule has 1 aliphatic heterocycles. The van der Waals surface area contributed by atoms with E-state index in [1.54, 1.807) is 17.3 Å². The maximum atomic E-state index is 11.2. The predicted octanol–water partition coefficient (Wildman–Crippen LogP) is 30.3. The van der Waals surface area contributed by atoms with Crippen molar-refractivity contribution in [2.45, 2.75) is 212 Å². The van der Waals surface area contributed by atoms with Crippen LogP contribution in [0.3, 0.4) is 0 Å². The van der Waals surface area contributed by atoms with Crippen molar-refractivity contribution in [3.05, 3.63) is 346 Å². The Balaban J connectivity index is 0.000000625. The van der Waals surface area contributed by atoms with Gasteiger partial charge in [0.1, 0.15) is 5.75 Å². The first-order chi connectivity index (χ1) is 55.7. The van der Waals surface area contributed by atoms with Gasteiger partial charge in [0.05, 0.1) is 28.7 Å². The van der Waals surface area contributed by atoms with Gasteiger partial charge in [0.2, 0.25) is 0 Å². The van der Waals surface area contributed by atoms with Gasteiger partial charge in [-0.05, 0) is 209 Å². The number of fused-ring (bicyclic) bond motifs is 9. The molecule has 0 saturated heterocycles. The van der Waals surface area contributed by atoms with E-state index >= 15 is 0 Å². The van der Waals surface area contributed by atoms with Gasteiger partial charge in [-0.1, -0.05) is 289 Å². The highest BCUT2D eigenvalue weighted by Crippen LogP contribution is 2.32. The van der Waals surface area contributed by atoms with E-state index in [4.69, 9.17) is 4.74 Å². The minimum Gasteiger partial charge on any atom is -0.493 e. The van der Waals surface area contributed by atoms with Crippen molar-refractivity contribution in [2.75, 3.05) is 6.61 Å². The van der Waals surface area contributed by atoms with Crippen LogP contribution < -0.4 is 10.3 Å². The summed E-state index contributed by atoms with van der Waals surface area (Å²) in [4.78, 5) is 41.6. The number of rotatable bonds is 0. The van der Waals surface area contributed by atoms with Crippen LogP contribution >= 0.6 is 0 Å². The minimum absolute atomic E-state index is 0.00583. The molecule has 0 saturated carbocycles. The number of aromatic amines is 3. The molecule has 0 amide bonds. The van der Waals surface area contributed by atoms with Crippen molar-refractivity contribution in [2.24, 2.45) is 0 Å². The maximum Gasteiger partial charge on any atom is 0.251 e. The van der Waals surface area contributed by atoms with Crippen molar-refractivity contribution in [1.82, 2.24) is 39.9 Å². The minimum atomic E-state index is -0.00583. The number of aryl methyl sites for hydroxylation is 9. The topological polar surface area (TPSA) is 138 Å². The Bertz CT molecular complexity index is 5000. The number of ether oxygens (including phenoxy) is 1. The number of benzene rings is 8. The number of pyridine rings is 6. The van der Waals surface area contributed by atoms with E-state index in [2.05, 4.69) is 234 Å². The molecule has 10 nitrogen and oxygen atoms in total. The summed E-state index contributed by atoms with van der Waals surface area (Å²) < 4.78 is 5.35. The SMILES string of the molecule is CC.CC.CC.CC.CC.CC.CC.CC.CC.CC1CCc2ccccc21.Cc1c[nH]c2ccccc12.Cc1cc2ccccc2[nH]1.Cc1cc2ccccc2[nH]c1=O.Cc1ccc2c(c1)CCO2.Cc1ccc2cccnc2c1.Cc1ccc2cnccc2n1.Cc1cccc2cccnc12.Cc1cnc2ccccc2c1. The van der Waals surface area contributed by atoms with Gasteiger partial charge in [-0.25, -0.2) is 0 Å². The molecule has 9 heterocycles. The number of hydrogen-bond donors (Lipinski definition) is 3. The highest BCUT2D eigenvalue weighted by Gasteiger charge is 2.16. The molecule has 0 radical (unpaired) electrons. The summed E-state index contributed by atoms with van der Waals surface area (Å²) in [6.45, 7) is 55.5. The molecule has 8 aromatic carbocycles. The zero-order valence-corrected chi connectivity index (χ0v) is 74.4. The van der Waals surface area contributed by atoms with Gasteiger partial charge in [-0.3, -0.25) is 29.7 Å². The van der Waals surface area contributed by atoms with Gasteiger partial charge in [0.25, 0.3) is 5.56 Å². The summed E-state index contributed by atoms with van der Waals surface area (Å²) in [6.07, 6.45) is 14.9. The number of hydrogen-bond acceptors (Lipinski definition) is 7. The summed E-state index contributed by atoms with van der Waals surface area (Å²) in [5.41, 5.74) is 21.5. The molecular weight excluding hydrogens is 1390 g/mol. The second-order valence-corrected chi connectivity index (χ2v) is 24.3. The summed E-state index contributed by atoms with van der Waals surface area (Å²) in [7, 11) is 0. The number of nitrogens with one attached hydrogen (secondary N) is 3. The van der Waals surface area contributed by atoms with Crippen LogP contribution in [0.1, 0.15) is 205 Å². The molecular formula is C104H138N8O2.